The van der Waals surface area contributed by atoms with Crippen LogP contribution in [0.5, 0.6) is 5.75 Å². The zero-order chi connectivity index (χ0) is 20.6. The highest BCUT2D eigenvalue weighted by Gasteiger charge is 2.25. The van der Waals surface area contributed by atoms with Crippen LogP contribution in [-0.4, -0.2) is 74.4 Å². The van der Waals surface area contributed by atoms with Crippen molar-refractivity contribution >= 4 is 21.0 Å². The monoisotopic (exact) mass is 422 g/mol. The van der Waals surface area contributed by atoms with Crippen LogP contribution in [0.2, 0.25) is 0 Å². The van der Waals surface area contributed by atoms with Gasteiger partial charge in [0.25, 0.3) is 0 Å². The van der Waals surface area contributed by atoms with Crippen LogP contribution in [0.1, 0.15) is 17.5 Å². The van der Waals surface area contributed by atoms with E-state index < -0.39 is 16.1 Å². The Morgan fingerprint density at radius 3 is 2.62 bits per heavy atom. The van der Waals surface area contributed by atoms with Gasteiger partial charge in [0.1, 0.15) is 24.0 Å². The van der Waals surface area contributed by atoms with E-state index in [1.54, 1.807) is 6.07 Å². The van der Waals surface area contributed by atoms with Crippen molar-refractivity contribution in [2.24, 2.45) is 0 Å². The van der Waals surface area contributed by atoms with Gasteiger partial charge in [0, 0.05) is 49.7 Å². The van der Waals surface area contributed by atoms with Crippen molar-refractivity contribution in [2.75, 3.05) is 45.6 Å². The van der Waals surface area contributed by atoms with Gasteiger partial charge in [-0.1, -0.05) is 0 Å². The normalized spacial score (nSPS) is 19.4. The maximum absolute atomic E-state index is 12.1. The first-order chi connectivity index (χ1) is 13.8. The highest BCUT2D eigenvalue weighted by molar-refractivity contribution is 7.88. The maximum atomic E-state index is 12.1. The van der Waals surface area contributed by atoms with Gasteiger partial charge in [0.15, 0.2) is 0 Å². The lowest BCUT2D eigenvalue weighted by atomic mass is 10.1. The summed E-state index contributed by atoms with van der Waals surface area (Å²) in [5.74, 6) is 0.541. The SMILES string of the molecule is CS(=O)(=O)N1CCN(CC(O)COc2ccc3c4c(c(=O)oc3c2)CCC4)CC1. The van der Waals surface area contributed by atoms with Gasteiger partial charge in [-0.25, -0.2) is 13.2 Å². The molecule has 2 heterocycles. The second-order valence-electron chi connectivity index (χ2n) is 7.79. The molecule has 9 heteroatoms. The van der Waals surface area contributed by atoms with Gasteiger partial charge in [0.05, 0.1) is 6.26 Å². The van der Waals surface area contributed by atoms with Crippen LogP contribution in [0, 0.1) is 0 Å². The van der Waals surface area contributed by atoms with Gasteiger partial charge in [-0.15, -0.1) is 0 Å². The zero-order valence-corrected chi connectivity index (χ0v) is 17.3. The molecule has 4 rings (SSSR count). The lowest BCUT2D eigenvalue weighted by Crippen LogP contribution is -2.50. The second kappa shape index (κ2) is 8.06. The van der Waals surface area contributed by atoms with Crippen molar-refractivity contribution in [3.63, 3.8) is 0 Å². The molecule has 0 amide bonds. The fourth-order valence-corrected chi connectivity index (χ4v) is 4.97. The molecule has 29 heavy (non-hydrogen) atoms. The van der Waals surface area contributed by atoms with E-state index in [0.717, 1.165) is 35.8 Å². The lowest BCUT2D eigenvalue weighted by molar-refractivity contribution is 0.0570. The highest BCUT2D eigenvalue weighted by atomic mass is 32.2. The molecule has 0 radical (unpaired) electrons. The minimum Gasteiger partial charge on any atom is -0.491 e. The van der Waals surface area contributed by atoms with Crippen molar-refractivity contribution in [3.8, 4) is 5.75 Å². The van der Waals surface area contributed by atoms with Gasteiger partial charge < -0.3 is 14.3 Å². The van der Waals surface area contributed by atoms with Crippen LogP contribution in [0.4, 0.5) is 0 Å². The standard InChI is InChI=1S/C20H26N2O6S/c1-29(25,26)22-9-7-21(8-10-22)12-14(23)13-27-15-5-6-17-16-3-2-4-18(16)20(24)28-19(17)11-15/h5-6,11,14,23H,2-4,7-10,12-13H2,1H3. The van der Waals surface area contributed by atoms with E-state index in [1.165, 1.54) is 10.6 Å². The number of benzene rings is 1. The summed E-state index contributed by atoms with van der Waals surface area (Å²) in [6.45, 7) is 2.54. The summed E-state index contributed by atoms with van der Waals surface area (Å²) in [6.07, 6.45) is 3.15. The quantitative estimate of drug-likeness (QED) is 0.681. The fraction of sp³-hybridized carbons (Fsp3) is 0.550. The first kappa shape index (κ1) is 20.3. The predicted molar refractivity (Wildman–Crippen MR) is 109 cm³/mol. The smallest absolute Gasteiger partial charge is 0.339 e. The number of aryl methyl sites for hydroxylation is 1. The van der Waals surface area contributed by atoms with Crippen LogP contribution in [0.25, 0.3) is 11.0 Å². The first-order valence-electron chi connectivity index (χ1n) is 9.88. The zero-order valence-electron chi connectivity index (χ0n) is 16.5. The molecule has 0 bridgehead atoms. The number of β-amino-alcohol motifs (C(OH)–C–C–N with tert-alkyl or cyclic N) is 1. The van der Waals surface area contributed by atoms with E-state index >= 15 is 0 Å². The molecule has 1 fully saturated rings. The molecule has 1 saturated heterocycles. The molecule has 8 nitrogen and oxygen atoms in total. The third kappa shape index (κ3) is 4.48. The van der Waals surface area contributed by atoms with Crippen LogP contribution in [0.3, 0.4) is 0 Å². The summed E-state index contributed by atoms with van der Waals surface area (Å²) in [4.78, 5) is 14.1. The molecule has 1 N–H and O–H groups in total. The molecular formula is C20H26N2O6S. The predicted octanol–water partition coefficient (Wildman–Crippen LogP) is 0.599. The van der Waals surface area contributed by atoms with Crippen LogP contribution in [0.15, 0.2) is 27.4 Å². The van der Waals surface area contributed by atoms with Crippen LogP contribution >= 0.6 is 0 Å². The number of hydrogen-bond acceptors (Lipinski definition) is 7. The lowest BCUT2D eigenvalue weighted by Gasteiger charge is -2.34. The molecule has 1 aliphatic heterocycles. The number of aliphatic hydroxyl groups excluding tert-OH is 1. The number of rotatable bonds is 6. The molecule has 0 spiro atoms. The Morgan fingerprint density at radius 1 is 1.17 bits per heavy atom. The van der Waals surface area contributed by atoms with E-state index in [1.807, 2.05) is 17.0 Å². The van der Waals surface area contributed by atoms with E-state index in [9.17, 15) is 18.3 Å². The Balaban J connectivity index is 1.34. The van der Waals surface area contributed by atoms with Crippen molar-refractivity contribution in [1.29, 1.82) is 0 Å². The summed E-state index contributed by atoms with van der Waals surface area (Å²) in [5.41, 5.74) is 2.11. The number of hydrogen-bond donors (Lipinski definition) is 1. The number of ether oxygens (including phenoxy) is 1. The molecule has 1 atom stereocenters. The number of fused-ring (bicyclic) bond motifs is 3. The molecule has 2 aliphatic rings. The summed E-state index contributed by atoms with van der Waals surface area (Å²) in [6, 6.07) is 5.44. The Kier molecular flexibility index (Phi) is 5.65. The average Bonchev–Trinajstić information content (AvgIpc) is 3.17. The van der Waals surface area contributed by atoms with Gasteiger partial charge in [0.2, 0.25) is 10.0 Å². The summed E-state index contributed by atoms with van der Waals surface area (Å²) < 4.78 is 35.7. The van der Waals surface area contributed by atoms with Gasteiger partial charge >= 0.3 is 5.63 Å². The molecule has 1 aliphatic carbocycles. The Morgan fingerprint density at radius 2 is 1.90 bits per heavy atom. The number of piperazine rings is 1. The Bertz CT molecular complexity index is 1060. The molecule has 158 valence electrons. The van der Waals surface area contributed by atoms with Crippen molar-refractivity contribution in [2.45, 2.75) is 25.4 Å². The van der Waals surface area contributed by atoms with E-state index in [2.05, 4.69) is 0 Å². The van der Waals surface area contributed by atoms with Crippen molar-refractivity contribution in [1.82, 2.24) is 9.21 Å². The van der Waals surface area contributed by atoms with Gasteiger partial charge in [-0.2, -0.15) is 4.31 Å². The maximum Gasteiger partial charge on any atom is 0.339 e. The summed E-state index contributed by atoms with van der Waals surface area (Å²) in [7, 11) is -3.16. The molecular weight excluding hydrogens is 396 g/mol. The average molecular weight is 423 g/mol. The highest BCUT2D eigenvalue weighted by Crippen LogP contribution is 2.29. The molecule has 1 unspecified atom stereocenters. The molecule has 1 aromatic heterocycles. The van der Waals surface area contributed by atoms with E-state index in [0.29, 0.717) is 44.1 Å². The Labute approximate surface area is 169 Å². The van der Waals surface area contributed by atoms with Crippen LogP contribution < -0.4 is 10.4 Å². The van der Waals surface area contributed by atoms with Crippen LogP contribution in [-0.2, 0) is 22.9 Å². The fourth-order valence-electron chi connectivity index (χ4n) is 4.14. The summed E-state index contributed by atoms with van der Waals surface area (Å²) in [5, 5.41) is 11.3. The first-order valence-corrected chi connectivity index (χ1v) is 11.7. The number of sulfonamides is 1. The second-order valence-corrected chi connectivity index (χ2v) is 9.77. The largest absolute Gasteiger partial charge is 0.491 e. The van der Waals surface area contributed by atoms with E-state index in [-0.39, 0.29) is 12.2 Å². The van der Waals surface area contributed by atoms with E-state index in [4.69, 9.17) is 9.15 Å². The number of aliphatic hydroxyl groups is 1. The third-order valence-corrected chi connectivity index (χ3v) is 6.96. The molecule has 2 aromatic rings. The molecule has 0 saturated carbocycles. The minimum absolute atomic E-state index is 0.104. The molecule has 1 aromatic carbocycles. The summed E-state index contributed by atoms with van der Waals surface area (Å²) >= 11 is 0. The minimum atomic E-state index is -3.16. The van der Waals surface area contributed by atoms with Gasteiger partial charge in [-0.3, -0.25) is 4.90 Å². The van der Waals surface area contributed by atoms with Crippen molar-refractivity contribution < 1.29 is 22.7 Å². The Hall–Kier alpha value is -1.94. The third-order valence-electron chi connectivity index (χ3n) is 5.66. The number of nitrogens with zero attached hydrogens (tertiary/aromatic N) is 2. The topological polar surface area (TPSA) is 100 Å². The van der Waals surface area contributed by atoms with Crippen molar-refractivity contribution in [3.05, 3.63) is 39.7 Å². The van der Waals surface area contributed by atoms with Gasteiger partial charge in [-0.05, 0) is 37.0 Å².